The molecule has 0 heterocycles. The van der Waals surface area contributed by atoms with Crippen molar-refractivity contribution in [2.75, 3.05) is 7.11 Å². The van der Waals surface area contributed by atoms with Crippen LogP contribution in [0.5, 0.6) is 5.75 Å². The van der Waals surface area contributed by atoms with Crippen LogP contribution in [0.2, 0.25) is 0 Å². The molecule has 4 rings (SSSR count). The van der Waals surface area contributed by atoms with Crippen molar-refractivity contribution < 1.29 is 14.6 Å². The lowest BCUT2D eigenvalue weighted by molar-refractivity contribution is -0.0777. The molecule has 3 nitrogen and oxygen atoms in total. The van der Waals surface area contributed by atoms with Gasteiger partial charge in [-0.3, -0.25) is 0 Å². The third-order valence-corrected chi connectivity index (χ3v) is 5.39. The van der Waals surface area contributed by atoms with Crippen LogP contribution in [-0.4, -0.2) is 18.3 Å². The van der Waals surface area contributed by atoms with E-state index in [0.717, 1.165) is 36.1 Å². The number of hydrogen-bond acceptors (Lipinski definition) is 3. The first-order valence-corrected chi connectivity index (χ1v) is 9.15. The summed E-state index contributed by atoms with van der Waals surface area (Å²) in [6, 6.07) is 22.5. The van der Waals surface area contributed by atoms with Crippen molar-refractivity contribution in [2.45, 2.75) is 37.6 Å². The van der Waals surface area contributed by atoms with Crippen molar-refractivity contribution in [1.29, 1.82) is 0 Å². The van der Waals surface area contributed by atoms with Gasteiger partial charge in [-0.05, 0) is 59.4 Å². The van der Waals surface area contributed by atoms with Gasteiger partial charge in [0.05, 0.1) is 6.10 Å². The summed E-state index contributed by atoms with van der Waals surface area (Å²) in [4.78, 5) is 0. The lowest BCUT2D eigenvalue weighted by Crippen LogP contribution is -2.35. The van der Waals surface area contributed by atoms with Gasteiger partial charge in [0.1, 0.15) is 18.0 Å². The predicted octanol–water partition coefficient (Wildman–Crippen LogP) is 4.81. The fourth-order valence-corrected chi connectivity index (χ4v) is 3.95. The van der Waals surface area contributed by atoms with Crippen LogP contribution in [0.1, 0.15) is 30.4 Å². The van der Waals surface area contributed by atoms with Gasteiger partial charge >= 0.3 is 0 Å². The Bertz CT molecular complexity index is 905. The first-order valence-electron chi connectivity index (χ1n) is 9.15. The average Bonchev–Trinajstić information content (AvgIpc) is 3.08. The monoisotopic (exact) mass is 348 g/mol. The Kier molecular flexibility index (Phi) is 4.66. The third-order valence-electron chi connectivity index (χ3n) is 5.39. The van der Waals surface area contributed by atoms with E-state index in [4.69, 9.17) is 9.47 Å². The Labute approximate surface area is 154 Å². The summed E-state index contributed by atoms with van der Waals surface area (Å²) in [7, 11) is 1.67. The molecule has 0 spiro atoms. The Morgan fingerprint density at radius 2 is 1.85 bits per heavy atom. The van der Waals surface area contributed by atoms with Crippen LogP contribution < -0.4 is 4.74 Å². The van der Waals surface area contributed by atoms with E-state index >= 15 is 0 Å². The van der Waals surface area contributed by atoms with Crippen LogP contribution >= 0.6 is 0 Å². The number of aliphatic hydroxyl groups is 1. The summed E-state index contributed by atoms with van der Waals surface area (Å²) >= 11 is 0. The highest BCUT2D eigenvalue weighted by Gasteiger charge is 2.43. The molecule has 1 aliphatic carbocycles. The van der Waals surface area contributed by atoms with Crippen LogP contribution in [0, 0.1) is 0 Å². The summed E-state index contributed by atoms with van der Waals surface area (Å²) < 4.78 is 11.5. The van der Waals surface area contributed by atoms with E-state index in [2.05, 4.69) is 30.3 Å². The summed E-state index contributed by atoms with van der Waals surface area (Å²) in [6.07, 6.45) is 2.42. The molecule has 3 aromatic rings. The molecule has 0 aliphatic heterocycles. The molecule has 2 atom stereocenters. The molecular weight excluding hydrogens is 324 g/mol. The lowest BCUT2D eigenvalue weighted by Gasteiger charge is -2.29. The van der Waals surface area contributed by atoms with Gasteiger partial charge in [-0.15, -0.1) is 0 Å². The fraction of sp³-hybridized carbons (Fsp3) is 0.304. The van der Waals surface area contributed by atoms with Crippen molar-refractivity contribution in [3.05, 3.63) is 77.9 Å². The summed E-state index contributed by atoms with van der Waals surface area (Å²) in [5.74, 6) is 0.769. The molecule has 3 aromatic carbocycles. The Morgan fingerprint density at radius 3 is 2.69 bits per heavy atom. The minimum Gasteiger partial charge on any atom is -0.489 e. The van der Waals surface area contributed by atoms with E-state index < -0.39 is 5.60 Å². The molecule has 0 saturated heterocycles. The van der Waals surface area contributed by atoms with E-state index in [-0.39, 0.29) is 6.10 Å². The second-order valence-corrected chi connectivity index (χ2v) is 7.04. The second-order valence-electron chi connectivity index (χ2n) is 7.04. The van der Waals surface area contributed by atoms with Crippen molar-refractivity contribution in [1.82, 2.24) is 0 Å². The fourth-order valence-electron chi connectivity index (χ4n) is 3.95. The second kappa shape index (κ2) is 7.10. The van der Waals surface area contributed by atoms with Crippen LogP contribution in [0.4, 0.5) is 0 Å². The summed E-state index contributed by atoms with van der Waals surface area (Å²) in [6.45, 7) is 0.500. The normalized spacial score (nSPS) is 22.6. The van der Waals surface area contributed by atoms with Gasteiger partial charge < -0.3 is 14.6 Å². The molecule has 1 fully saturated rings. The maximum atomic E-state index is 11.1. The van der Waals surface area contributed by atoms with Crippen molar-refractivity contribution >= 4 is 10.8 Å². The molecule has 3 heteroatoms. The molecule has 134 valence electrons. The summed E-state index contributed by atoms with van der Waals surface area (Å²) in [5.41, 5.74) is 1.08. The first kappa shape index (κ1) is 17.1. The Morgan fingerprint density at radius 1 is 1.00 bits per heavy atom. The Balaban J connectivity index is 1.51. The van der Waals surface area contributed by atoms with E-state index in [1.807, 2.05) is 36.4 Å². The minimum absolute atomic E-state index is 0.154. The standard InChI is InChI=1S/C23H24O3/c1-25-22-10-5-13-23(22,24)20-8-4-9-21(15-20)26-16-17-11-12-18-6-2-3-7-19(18)14-17/h2-4,6-9,11-12,14-15,22,24H,5,10,13,16H2,1H3. The number of fused-ring (bicyclic) bond motifs is 1. The highest BCUT2D eigenvalue weighted by molar-refractivity contribution is 5.82. The van der Waals surface area contributed by atoms with Crippen molar-refractivity contribution in [3.63, 3.8) is 0 Å². The van der Waals surface area contributed by atoms with Gasteiger partial charge in [0.25, 0.3) is 0 Å². The number of ether oxygens (including phenoxy) is 2. The molecule has 1 aliphatic rings. The zero-order chi connectivity index (χ0) is 18.0. The van der Waals surface area contributed by atoms with E-state index in [1.54, 1.807) is 7.11 Å². The average molecular weight is 348 g/mol. The van der Waals surface area contributed by atoms with Gasteiger partial charge in [0, 0.05) is 7.11 Å². The molecule has 0 radical (unpaired) electrons. The van der Waals surface area contributed by atoms with E-state index in [1.165, 1.54) is 10.8 Å². The molecule has 26 heavy (non-hydrogen) atoms. The highest BCUT2D eigenvalue weighted by Crippen LogP contribution is 2.41. The SMILES string of the molecule is COC1CCCC1(O)c1cccc(OCc2ccc3ccccc3c2)c1. The van der Waals surface area contributed by atoms with Gasteiger partial charge in [-0.1, -0.05) is 48.5 Å². The quantitative estimate of drug-likeness (QED) is 0.719. The lowest BCUT2D eigenvalue weighted by atomic mass is 9.90. The number of benzene rings is 3. The third kappa shape index (κ3) is 3.20. The van der Waals surface area contributed by atoms with E-state index in [0.29, 0.717) is 6.61 Å². The molecule has 1 N–H and O–H groups in total. The molecule has 0 aromatic heterocycles. The van der Waals surface area contributed by atoms with Crippen molar-refractivity contribution in [2.24, 2.45) is 0 Å². The van der Waals surface area contributed by atoms with Crippen LogP contribution in [-0.2, 0) is 16.9 Å². The number of methoxy groups -OCH3 is 1. The van der Waals surface area contributed by atoms with Gasteiger partial charge in [-0.2, -0.15) is 0 Å². The van der Waals surface area contributed by atoms with Crippen LogP contribution in [0.15, 0.2) is 66.7 Å². The van der Waals surface area contributed by atoms with Crippen molar-refractivity contribution in [3.8, 4) is 5.75 Å². The van der Waals surface area contributed by atoms with Gasteiger partial charge in [0.2, 0.25) is 0 Å². The minimum atomic E-state index is -0.920. The molecule has 0 amide bonds. The van der Waals surface area contributed by atoms with Gasteiger partial charge in [0.15, 0.2) is 0 Å². The maximum absolute atomic E-state index is 11.1. The zero-order valence-electron chi connectivity index (χ0n) is 15.0. The van der Waals surface area contributed by atoms with Gasteiger partial charge in [-0.25, -0.2) is 0 Å². The largest absolute Gasteiger partial charge is 0.489 e. The van der Waals surface area contributed by atoms with Crippen LogP contribution in [0.3, 0.4) is 0 Å². The molecule has 1 saturated carbocycles. The maximum Gasteiger partial charge on any atom is 0.120 e. The number of hydrogen-bond donors (Lipinski definition) is 1. The summed E-state index contributed by atoms with van der Waals surface area (Å²) in [5, 5.41) is 13.5. The number of rotatable bonds is 5. The Hall–Kier alpha value is -2.36. The molecule has 0 bridgehead atoms. The van der Waals surface area contributed by atoms with Crippen LogP contribution in [0.25, 0.3) is 10.8 Å². The predicted molar refractivity (Wildman–Crippen MR) is 103 cm³/mol. The topological polar surface area (TPSA) is 38.7 Å². The first-order chi connectivity index (χ1) is 12.7. The zero-order valence-corrected chi connectivity index (χ0v) is 15.0. The smallest absolute Gasteiger partial charge is 0.120 e. The van der Waals surface area contributed by atoms with E-state index in [9.17, 15) is 5.11 Å². The molecular formula is C23H24O3. The molecule has 2 unspecified atom stereocenters. The highest BCUT2D eigenvalue weighted by atomic mass is 16.5.